The van der Waals surface area contributed by atoms with Gasteiger partial charge in [-0.2, -0.15) is 11.6 Å². The van der Waals surface area contributed by atoms with Crippen LogP contribution in [0.2, 0.25) is 0 Å². The van der Waals surface area contributed by atoms with E-state index in [-0.39, 0.29) is 18.8 Å². The zero-order valence-electron chi connectivity index (χ0n) is 30.5. The van der Waals surface area contributed by atoms with E-state index in [1.54, 1.807) is 0 Å². The molecule has 53 heavy (non-hydrogen) atoms. The second-order valence-corrected chi connectivity index (χ2v) is 16.0. The van der Waals surface area contributed by atoms with Gasteiger partial charge in [-0.25, -0.2) is 0 Å². The Hall–Kier alpha value is -5.58. The lowest BCUT2D eigenvalue weighted by Gasteiger charge is -2.46. The predicted octanol–water partition coefficient (Wildman–Crippen LogP) is 9.96. The van der Waals surface area contributed by atoms with Crippen LogP contribution >= 0.6 is 11.6 Å². The molecule has 0 bridgehead atoms. The molecule has 254 valence electrons. The van der Waals surface area contributed by atoms with E-state index >= 15 is 0 Å². The molecule has 0 aliphatic carbocycles. The summed E-state index contributed by atoms with van der Waals surface area (Å²) in [6.07, 6.45) is 5.90. The molecular formula is C47H38B2N2OS. The molecule has 0 radical (unpaired) electrons. The number of benzene rings is 6. The topological polar surface area (TPSA) is 15.7 Å². The van der Waals surface area contributed by atoms with Crippen molar-refractivity contribution in [1.29, 1.82) is 0 Å². The summed E-state index contributed by atoms with van der Waals surface area (Å²) in [6.45, 7) is 17.6. The van der Waals surface area contributed by atoms with E-state index in [4.69, 9.17) is 11.2 Å². The number of anilines is 5. The molecule has 0 fully saturated rings. The minimum absolute atomic E-state index is 0.0975. The van der Waals surface area contributed by atoms with Gasteiger partial charge in [-0.15, -0.1) is 0 Å². The fourth-order valence-electron chi connectivity index (χ4n) is 9.13. The SMILES string of the molecule is C=C/C=C\C(=C)N1c2cc(C)cc3c2B(Oc2ccccc2-3)c2cc3c(c(C(C)C)c21)N(c1ccccc1)c1cc(C)cc2c1B3Sc1ccccc1-2. The Balaban J connectivity index is 1.36. The molecule has 0 saturated heterocycles. The molecular weight excluding hydrogens is 662 g/mol. The van der Waals surface area contributed by atoms with Gasteiger partial charge in [0, 0.05) is 49.9 Å². The van der Waals surface area contributed by atoms with Crippen molar-refractivity contribution in [2.45, 2.75) is 38.5 Å². The second kappa shape index (κ2) is 12.0. The largest absolute Gasteiger partial charge is 0.551 e. The van der Waals surface area contributed by atoms with Crippen molar-refractivity contribution < 1.29 is 4.65 Å². The van der Waals surface area contributed by atoms with Crippen LogP contribution in [-0.4, -0.2) is 12.9 Å². The Morgan fingerprint density at radius 3 is 2.17 bits per heavy atom. The predicted molar refractivity (Wildman–Crippen MR) is 229 cm³/mol. The van der Waals surface area contributed by atoms with Gasteiger partial charge in [0.25, 0.3) is 5.99 Å². The van der Waals surface area contributed by atoms with E-state index < -0.39 is 0 Å². The normalized spacial score (nSPS) is 14.2. The summed E-state index contributed by atoms with van der Waals surface area (Å²) < 4.78 is 7.19. The molecule has 6 aromatic carbocycles. The van der Waals surface area contributed by atoms with Crippen LogP contribution in [0.1, 0.15) is 36.5 Å². The summed E-state index contributed by atoms with van der Waals surface area (Å²) >= 11 is 1.98. The zero-order valence-corrected chi connectivity index (χ0v) is 31.3. The van der Waals surface area contributed by atoms with E-state index in [1.807, 2.05) is 23.8 Å². The van der Waals surface area contributed by atoms with Crippen LogP contribution in [0.4, 0.5) is 28.4 Å². The van der Waals surface area contributed by atoms with Crippen LogP contribution in [0.25, 0.3) is 22.3 Å². The summed E-state index contributed by atoms with van der Waals surface area (Å²) in [6, 6.07) is 40.3. The maximum Gasteiger partial charge on any atom is 0.431 e. The first-order chi connectivity index (χ1) is 25.8. The second-order valence-electron chi connectivity index (χ2n) is 14.9. The highest BCUT2D eigenvalue weighted by Gasteiger charge is 2.48. The van der Waals surface area contributed by atoms with Gasteiger partial charge >= 0.3 is 6.92 Å². The third-order valence-electron chi connectivity index (χ3n) is 11.1. The first-order valence-corrected chi connectivity index (χ1v) is 19.4. The average Bonchev–Trinajstić information content (AvgIpc) is 3.16. The fraction of sp³-hybridized carbons (Fsp3) is 0.106. The quantitative estimate of drug-likeness (QED) is 0.131. The lowest BCUT2D eigenvalue weighted by atomic mass is 9.46. The molecule has 4 aliphatic heterocycles. The Bertz CT molecular complexity index is 2590. The number of para-hydroxylation sites is 2. The van der Waals surface area contributed by atoms with Gasteiger partial charge in [0.1, 0.15) is 5.75 Å². The van der Waals surface area contributed by atoms with E-state index in [1.165, 1.54) is 71.5 Å². The Labute approximate surface area is 317 Å². The molecule has 4 aliphatic rings. The summed E-state index contributed by atoms with van der Waals surface area (Å²) in [5.41, 5.74) is 20.6. The smallest absolute Gasteiger partial charge is 0.431 e. The number of rotatable bonds is 5. The third kappa shape index (κ3) is 4.65. The van der Waals surface area contributed by atoms with Gasteiger partial charge in [0.05, 0.1) is 5.69 Å². The standard InChI is InChI=1S/C47H38B2N2OS/c1-7-8-16-31(6)50-39-25-29(4)23-35-33-19-12-14-21-41(33)52-48(44(35)39)37-27-38-47(43(28(2)3)46(37)50)51(32-17-10-9-11-18-32)40-26-30(5)24-36-34-20-13-15-22-42(34)53-49(38)45(36)40/h7-28H,1,6H2,2-5H3/b16-8-. The first kappa shape index (κ1) is 32.1. The highest BCUT2D eigenvalue weighted by Crippen LogP contribution is 2.52. The summed E-state index contributed by atoms with van der Waals surface area (Å²) in [5, 5.41) is 0. The molecule has 3 nitrogen and oxygen atoms in total. The average molecular weight is 701 g/mol. The number of allylic oxidation sites excluding steroid dienone is 3. The molecule has 6 heteroatoms. The van der Waals surface area contributed by atoms with Crippen molar-refractivity contribution >= 4 is 74.8 Å². The summed E-state index contributed by atoms with van der Waals surface area (Å²) in [5.74, 6) is 1.18. The molecule has 0 N–H and O–H groups in total. The highest BCUT2D eigenvalue weighted by molar-refractivity contribution is 8.28. The van der Waals surface area contributed by atoms with Crippen LogP contribution in [-0.2, 0) is 0 Å². The molecule has 0 amide bonds. The molecule has 4 heterocycles. The van der Waals surface area contributed by atoms with Crippen molar-refractivity contribution in [3.8, 4) is 28.0 Å². The van der Waals surface area contributed by atoms with Crippen molar-refractivity contribution in [2.24, 2.45) is 0 Å². The molecule has 0 spiro atoms. The van der Waals surface area contributed by atoms with Crippen LogP contribution in [0.5, 0.6) is 5.75 Å². The Morgan fingerprint density at radius 1 is 0.736 bits per heavy atom. The van der Waals surface area contributed by atoms with E-state index in [9.17, 15) is 0 Å². The lowest BCUT2D eigenvalue weighted by Crippen LogP contribution is -2.60. The van der Waals surface area contributed by atoms with Gasteiger partial charge in [-0.3, -0.25) is 0 Å². The monoisotopic (exact) mass is 700 g/mol. The molecule has 10 rings (SSSR count). The molecule has 0 aromatic heterocycles. The third-order valence-corrected chi connectivity index (χ3v) is 12.5. The summed E-state index contributed by atoms with van der Waals surface area (Å²) in [4.78, 5) is 6.28. The van der Waals surface area contributed by atoms with Crippen LogP contribution in [0.15, 0.2) is 151 Å². The first-order valence-electron chi connectivity index (χ1n) is 18.5. The molecule has 0 atom stereocenters. The van der Waals surface area contributed by atoms with Gasteiger partial charge in [0.15, 0.2) is 0 Å². The minimum atomic E-state index is -0.286. The highest BCUT2D eigenvalue weighted by atomic mass is 32.2. The Kier molecular flexibility index (Phi) is 7.25. The number of nitrogens with zero attached hydrogens (tertiary/aromatic N) is 2. The van der Waals surface area contributed by atoms with Gasteiger partial charge in [0.2, 0.25) is 0 Å². The van der Waals surface area contributed by atoms with Crippen LogP contribution < -0.4 is 36.3 Å². The zero-order chi connectivity index (χ0) is 36.1. The van der Waals surface area contributed by atoms with Crippen molar-refractivity contribution in [2.75, 3.05) is 9.80 Å². The van der Waals surface area contributed by atoms with Gasteiger partial charge in [-0.1, -0.05) is 112 Å². The van der Waals surface area contributed by atoms with E-state index in [0.29, 0.717) is 0 Å². The molecule has 0 saturated carbocycles. The summed E-state index contributed by atoms with van der Waals surface area (Å²) in [7, 11) is 0. The maximum absolute atomic E-state index is 7.19. The number of aryl methyl sites for hydroxylation is 2. The van der Waals surface area contributed by atoms with E-state index in [0.717, 1.165) is 34.1 Å². The van der Waals surface area contributed by atoms with Crippen molar-refractivity contribution in [3.05, 3.63) is 163 Å². The fourth-order valence-corrected chi connectivity index (χ4v) is 10.5. The number of hydrogen-bond donors (Lipinski definition) is 0. The molecule has 0 unspecified atom stereocenters. The van der Waals surface area contributed by atoms with Gasteiger partial charge < -0.3 is 14.5 Å². The van der Waals surface area contributed by atoms with Crippen LogP contribution in [0.3, 0.4) is 0 Å². The lowest BCUT2D eigenvalue weighted by molar-refractivity contribution is 0.590. The van der Waals surface area contributed by atoms with Crippen LogP contribution in [0, 0.1) is 13.8 Å². The maximum atomic E-state index is 7.19. The van der Waals surface area contributed by atoms with Crippen molar-refractivity contribution in [1.82, 2.24) is 0 Å². The number of fused-ring (bicyclic) bond motifs is 8. The van der Waals surface area contributed by atoms with Gasteiger partial charge in [-0.05, 0) is 106 Å². The Morgan fingerprint density at radius 2 is 1.42 bits per heavy atom. The molecule has 6 aromatic rings. The minimum Gasteiger partial charge on any atom is -0.551 e. The van der Waals surface area contributed by atoms with Crippen molar-refractivity contribution in [3.63, 3.8) is 0 Å². The van der Waals surface area contributed by atoms with E-state index in [2.05, 4.69) is 159 Å². The number of hydrogen-bond acceptors (Lipinski definition) is 4.